The maximum atomic E-state index is 13.0. The van der Waals surface area contributed by atoms with Gasteiger partial charge >= 0.3 is 6.09 Å². The summed E-state index contributed by atoms with van der Waals surface area (Å²) < 4.78 is 6.71. The van der Waals surface area contributed by atoms with Crippen molar-refractivity contribution in [2.24, 2.45) is 0 Å². The Bertz CT molecular complexity index is 789. The molecule has 2 rings (SSSR count). The summed E-state index contributed by atoms with van der Waals surface area (Å²) in [5.74, 6) is -0.0235. The second-order valence-electron chi connectivity index (χ2n) is 8.06. The maximum absolute atomic E-state index is 13.0. The first-order chi connectivity index (χ1) is 15.8. The van der Waals surface area contributed by atoms with Crippen molar-refractivity contribution < 1.29 is 14.3 Å². The average Bonchev–Trinajstić information content (AvgIpc) is 3.18. The molecule has 186 valence electrons. The highest BCUT2D eigenvalue weighted by molar-refractivity contribution is 7.80. The van der Waals surface area contributed by atoms with Crippen LogP contribution in [0.4, 0.5) is 10.5 Å². The topological polar surface area (TPSA) is 95.0 Å². The molecule has 11 heteroatoms. The lowest BCUT2D eigenvalue weighted by Gasteiger charge is -2.35. The molecule has 33 heavy (non-hydrogen) atoms. The van der Waals surface area contributed by atoms with Crippen molar-refractivity contribution in [3.8, 4) is 0 Å². The summed E-state index contributed by atoms with van der Waals surface area (Å²) in [5.41, 5.74) is 1.55. The molecular weight excluding hydrogens is 442 g/mol. The fourth-order valence-electron chi connectivity index (χ4n) is 3.72. The van der Waals surface area contributed by atoms with E-state index in [4.69, 9.17) is 17.0 Å². The van der Waals surface area contributed by atoms with Crippen molar-refractivity contribution in [1.82, 2.24) is 29.8 Å². The van der Waals surface area contributed by atoms with Gasteiger partial charge in [0.05, 0.1) is 18.0 Å². The number of carbonyl (C=O) groups excluding carboxylic acids is 2. The number of nitrogens with zero attached hydrogens (tertiary/aromatic N) is 5. The smallest absolute Gasteiger partial charge is 0.409 e. The quantitative estimate of drug-likeness (QED) is 0.387. The number of anilines is 1. The summed E-state index contributed by atoms with van der Waals surface area (Å²) >= 11 is 5.42. The normalized spacial score (nSPS) is 14.8. The number of hydrogen-bond donors (Lipinski definition) is 2. The van der Waals surface area contributed by atoms with Crippen LogP contribution < -0.4 is 10.6 Å². The number of ether oxygens (including phenoxy) is 1. The molecule has 1 fully saturated rings. The molecule has 1 unspecified atom stereocenters. The largest absolute Gasteiger partial charge is 0.450 e. The molecule has 1 saturated heterocycles. The van der Waals surface area contributed by atoms with Gasteiger partial charge in [-0.15, -0.1) is 0 Å². The lowest BCUT2D eigenvalue weighted by atomic mass is 10.2. The summed E-state index contributed by atoms with van der Waals surface area (Å²) in [6.07, 6.45) is 2.50. The minimum Gasteiger partial charge on any atom is -0.450 e. The zero-order valence-electron chi connectivity index (χ0n) is 20.6. The van der Waals surface area contributed by atoms with Crippen molar-refractivity contribution in [3.05, 3.63) is 11.9 Å². The lowest BCUT2D eigenvalue weighted by Crippen LogP contribution is -2.52. The molecule has 2 N–H and O–H groups in total. The molecule has 2 amide bonds. The van der Waals surface area contributed by atoms with Crippen molar-refractivity contribution in [1.29, 1.82) is 0 Å². The maximum Gasteiger partial charge on any atom is 0.409 e. The van der Waals surface area contributed by atoms with E-state index >= 15 is 0 Å². The van der Waals surface area contributed by atoms with Crippen molar-refractivity contribution >= 4 is 35.0 Å². The highest BCUT2D eigenvalue weighted by Gasteiger charge is 2.28. The van der Waals surface area contributed by atoms with Gasteiger partial charge in [0.2, 0.25) is 5.91 Å². The molecule has 0 saturated carbocycles. The van der Waals surface area contributed by atoms with Crippen LogP contribution in [0.1, 0.15) is 45.9 Å². The van der Waals surface area contributed by atoms with E-state index in [1.165, 1.54) is 0 Å². The fraction of sp³-hybridized carbons (Fsp3) is 0.727. The van der Waals surface area contributed by atoms with Crippen LogP contribution in [0.3, 0.4) is 0 Å². The zero-order valence-corrected chi connectivity index (χ0v) is 21.4. The number of aryl methyl sites for hydroxylation is 1. The van der Waals surface area contributed by atoms with Crippen molar-refractivity contribution in [2.75, 3.05) is 64.3 Å². The van der Waals surface area contributed by atoms with E-state index in [-0.39, 0.29) is 12.0 Å². The van der Waals surface area contributed by atoms with Crippen LogP contribution in [0, 0.1) is 6.92 Å². The van der Waals surface area contributed by atoms with E-state index < -0.39 is 6.04 Å². The number of rotatable bonds is 10. The van der Waals surface area contributed by atoms with Crippen molar-refractivity contribution in [2.45, 2.75) is 47.1 Å². The molecule has 0 aliphatic carbocycles. The molecule has 0 aromatic carbocycles. The van der Waals surface area contributed by atoms with E-state index in [0.717, 1.165) is 44.0 Å². The third-order valence-corrected chi connectivity index (χ3v) is 6.11. The van der Waals surface area contributed by atoms with E-state index in [1.54, 1.807) is 21.4 Å². The molecule has 1 aromatic heterocycles. The number of nitrogens with one attached hydrogen (secondary N) is 2. The Morgan fingerprint density at radius 3 is 2.42 bits per heavy atom. The second-order valence-corrected chi connectivity index (χ2v) is 8.47. The van der Waals surface area contributed by atoms with E-state index in [2.05, 4.69) is 34.5 Å². The average molecular weight is 482 g/mol. The zero-order chi connectivity index (χ0) is 24.4. The van der Waals surface area contributed by atoms with Gasteiger partial charge < -0.3 is 30.1 Å². The van der Waals surface area contributed by atoms with E-state index in [9.17, 15) is 9.59 Å². The first kappa shape index (κ1) is 26.8. The van der Waals surface area contributed by atoms with E-state index in [1.807, 2.05) is 20.0 Å². The predicted octanol–water partition coefficient (Wildman–Crippen LogP) is 2.07. The molecule has 10 nitrogen and oxygen atoms in total. The third kappa shape index (κ3) is 7.85. The fourth-order valence-corrected chi connectivity index (χ4v) is 3.93. The Morgan fingerprint density at radius 1 is 1.18 bits per heavy atom. The minimum absolute atomic E-state index is 0.0235. The lowest BCUT2D eigenvalue weighted by molar-refractivity contribution is -0.136. The second kappa shape index (κ2) is 13.3. The molecule has 0 spiro atoms. The van der Waals surface area contributed by atoms with Gasteiger partial charge in [-0.3, -0.25) is 9.48 Å². The van der Waals surface area contributed by atoms with Crippen LogP contribution >= 0.6 is 12.2 Å². The molecular formula is C22H39N7O3S. The van der Waals surface area contributed by atoms with Crippen molar-refractivity contribution in [3.63, 3.8) is 0 Å². The monoisotopic (exact) mass is 481 g/mol. The standard InChI is InChI=1S/C22H39N7O3S/c1-6-26(7-2)11-9-10-23-21(33)24-19-16-29(25-17(19)4)18(5)20(30)27-12-14-28(15-13-27)22(31)32-8-3/h16,18H,6-15H2,1-5H3,(H2,23,24,33). The number of hydrogen-bond acceptors (Lipinski definition) is 6. The molecule has 1 aromatic rings. The van der Waals surface area contributed by atoms with Gasteiger partial charge in [0.1, 0.15) is 6.04 Å². The van der Waals surface area contributed by atoms with Gasteiger partial charge in [-0.25, -0.2) is 4.79 Å². The van der Waals surface area contributed by atoms with Crippen LogP contribution in [0.5, 0.6) is 0 Å². The molecule has 0 bridgehead atoms. The Kier molecular flexibility index (Phi) is 10.9. The number of thiocarbonyl (C=S) groups is 1. The van der Waals surface area contributed by atoms with Gasteiger partial charge in [0, 0.05) is 38.9 Å². The van der Waals surface area contributed by atoms with Gasteiger partial charge in [-0.1, -0.05) is 13.8 Å². The minimum atomic E-state index is -0.455. The van der Waals surface area contributed by atoms with Crippen LogP contribution in [0.15, 0.2) is 6.20 Å². The third-order valence-electron chi connectivity index (χ3n) is 5.87. The number of carbonyl (C=O) groups is 2. The SMILES string of the molecule is CCOC(=O)N1CCN(C(=O)C(C)n2cc(NC(=S)NCCCN(CC)CC)c(C)n2)CC1. The van der Waals surface area contributed by atoms with Gasteiger partial charge in [-0.2, -0.15) is 5.10 Å². The Morgan fingerprint density at radius 2 is 1.82 bits per heavy atom. The highest BCUT2D eigenvalue weighted by Crippen LogP contribution is 2.18. The first-order valence-corrected chi connectivity index (χ1v) is 12.2. The first-order valence-electron chi connectivity index (χ1n) is 11.8. The van der Waals surface area contributed by atoms with Gasteiger partial charge in [-0.05, 0) is 59.0 Å². The van der Waals surface area contributed by atoms with Gasteiger partial charge in [0.15, 0.2) is 5.11 Å². The molecule has 1 atom stereocenters. The predicted molar refractivity (Wildman–Crippen MR) is 133 cm³/mol. The van der Waals surface area contributed by atoms with Crippen LogP contribution in [-0.4, -0.2) is 101 Å². The highest BCUT2D eigenvalue weighted by atomic mass is 32.1. The summed E-state index contributed by atoms with van der Waals surface area (Å²) in [4.78, 5) is 30.6. The molecule has 1 aliphatic heterocycles. The summed E-state index contributed by atoms with van der Waals surface area (Å²) in [5, 5.41) is 11.5. The Balaban J connectivity index is 1.84. The van der Waals surface area contributed by atoms with Crippen LogP contribution in [0.2, 0.25) is 0 Å². The molecule has 1 aliphatic rings. The van der Waals surface area contributed by atoms with Crippen LogP contribution in [-0.2, 0) is 9.53 Å². The number of amides is 2. The summed E-state index contributed by atoms with van der Waals surface area (Å²) in [6, 6.07) is -0.455. The Hall–Kier alpha value is -2.40. The molecule has 2 heterocycles. The summed E-state index contributed by atoms with van der Waals surface area (Å²) in [6.45, 7) is 16.0. The van der Waals surface area contributed by atoms with Gasteiger partial charge in [0.25, 0.3) is 0 Å². The number of piperazine rings is 1. The van der Waals surface area contributed by atoms with Crippen LogP contribution in [0.25, 0.3) is 0 Å². The Labute approximate surface area is 202 Å². The number of aromatic nitrogens is 2. The summed E-state index contributed by atoms with van der Waals surface area (Å²) in [7, 11) is 0. The molecule has 0 radical (unpaired) electrons. The van der Waals surface area contributed by atoms with E-state index in [0.29, 0.717) is 37.9 Å².